The molecule has 0 bridgehead atoms. The number of rotatable bonds is 3. The Bertz CT molecular complexity index is 718. The van der Waals surface area contributed by atoms with Gasteiger partial charge in [-0.3, -0.25) is 9.69 Å². The third kappa shape index (κ3) is 2.84. The highest BCUT2D eigenvalue weighted by Gasteiger charge is 2.29. The van der Waals surface area contributed by atoms with Crippen LogP contribution in [0.3, 0.4) is 0 Å². The van der Waals surface area contributed by atoms with Gasteiger partial charge in [0, 0.05) is 38.9 Å². The lowest BCUT2D eigenvalue weighted by molar-refractivity contribution is 0.0787. The maximum absolute atomic E-state index is 12.6. The zero-order valence-electron chi connectivity index (χ0n) is 14.2. The lowest BCUT2D eigenvalue weighted by Gasteiger charge is -2.33. The van der Waals surface area contributed by atoms with E-state index in [1.54, 1.807) is 0 Å². The Kier molecular flexibility index (Phi) is 4.10. The van der Waals surface area contributed by atoms with Gasteiger partial charge in [0.2, 0.25) is 0 Å². The molecule has 0 aliphatic carbocycles. The predicted octanol–water partition coefficient (Wildman–Crippen LogP) is 2.70. The molecule has 1 aromatic heterocycles. The van der Waals surface area contributed by atoms with Crippen LogP contribution in [0.5, 0.6) is 0 Å². The Labute approximate surface area is 142 Å². The van der Waals surface area contributed by atoms with Gasteiger partial charge < -0.3 is 9.47 Å². The maximum Gasteiger partial charge on any atom is 0.274 e. The van der Waals surface area contributed by atoms with E-state index in [-0.39, 0.29) is 11.9 Å². The second-order valence-corrected chi connectivity index (χ2v) is 6.81. The van der Waals surface area contributed by atoms with Crippen LogP contribution in [0.25, 0.3) is 0 Å². The minimum atomic E-state index is 0.0937. The largest absolute Gasteiger partial charge is 0.337 e. The quantitative estimate of drug-likeness (QED) is 0.872. The van der Waals surface area contributed by atoms with Gasteiger partial charge in [0.15, 0.2) is 0 Å². The Hall–Kier alpha value is -2.14. The van der Waals surface area contributed by atoms with Gasteiger partial charge in [-0.05, 0) is 25.3 Å². The molecule has 4 rings (SSSR count). The molecule has 1 saturated heterocycles. The van der Waals surface area contributed by atoms with E-state index >= 15 is 0 Å². The van der Waals surface area contributed by atoms with Crippen molar-refractivity contribution in [2.24, 2.45) is 0 Å². The minimum Gasteiger partial charge on any atom is -0.337 e. The molecular formula is C19H24N4O. The van der Waals surface area contributed by atoms with Gasteiger partial charge in [-0.2, -0.15) is 0 Å². The molecule has 5 heteroatoms. The second-order valence-electron chi connectivity index (χ2n) is 6.81. The first-order valence-corrected chi connectivity index (χ1v) is 8.87. The highest BCUT2D eigenvalue weighted by Crippen LogP contribution is 2.26. The summed E-state index contributed by atoms with van der Waals surface area (Å²) in [7, 11) is 0. The van der Waals surface area contributed by atoms with Gasteiger partial charge in [-0.1, -0.05) is 30.3 Å². The first-order valence-electron chi connectivity index (χ1n) is 8.87. The molecule has 2 aromatic rings. The number of likely N-dealkylation sites (tertiary alicyclic amines) is 1. The molecule has 0 saturated carbocycles. The van der Waals surface area contributed by atoms with Crippen LogP contribution >= 0.6 is 0 Å². The van der Waals surface area contributed by atoms with Crippen molar-refractivity contribution >= 4 is 5.91 Å². The zero-order chi connectivity index (χ0) is 16.5. The van der Waals surface area contributed by atoms with Crippen LogP contribution in [0, 0.1) is 0 Å². The molecule has 2 aliphatic rings. The highest BCUT2D eigenvalue weighted by molar-refractivity contribution is 5.92. The van der Waals surface area contributed by atoms with Gasteiger partial charge in [0.05, 0.1) is 6.04 Å². The van der Waals surface area contributed by atoms with Crippen LogP contribution in [0.4, 0.5) is 0 Å². The molecule has 2 aliphatic heterocycles. The Morgan fingerprint density at radius 3 is 2.62 bits per heavy atom. The third-order valence-corrected chi connectivity index (χ3v) is 5.20. The lowest BCUT2D eigenvalue weighted by atomic mass is 10.1. The first-order chi connectivity index (χ1) is 11.7. The number of aromatic nitrogens is 2. The summed E-state index contributed by atoms with van der Waals surface area (Å²) in [6, 6.07) is 10.8. The smallest absolute Gasteiger partial charge is 0.274 e. The number of carbonyl (C=O) groups is 1. The average Bonchev–Trinajstić information content (AvgIpc) is 3.27. The van der Waals surface area contributed by atoms with E-state index in [9.17, 15) is 4.79 Å². The number of benzene rings is 1. The summed E-state index contributed by atoms with van der Waals surface area (Å²) in [6.45, 7) is 6.73. The molecule has 1 atom stereocenters. The normalized spacial score (nSPS) is 21.0. The predicted molar refractivity (Wildman–Crippen MR) is 92.6 cm³/mol. The fourth-order valence-corrected chi connectivity index (χ4v) is 3.76. The fourth-order valence-electron chi connectivity index (χ4n) is 3.76. The van der Waals surface area contributed by atoms with Crippen molar-refractivity contribution in [2.45, 2.75) is 38.9 Å². The number of carbonyl (C=O) groups excluding carboxylic acids is 1. The number of nitrogens with zero attached hydrogens (tertiary/aromatic N) is 4. The lowest BCUT2D eigenvalue weighted by Crippen LogP contribution is -2.36. The van der Waals surface area contributed by atoms with Crippen LogP contribution in [0.2, 0.25) is 0 Å². The number of hydrogen-bond acceptors (Lipinski definition) is 3. The molecular weight excluding hydrogens is 300 g/mol. The van der Waals surface area contributed by atoms with E-state index in [1.807, 2.05) is 17.2 Å². The van der Waals surface area contributed by atoms with Crippen LogP contribution in [-0.2, 0) is 13.1 Å². The van der Waals surface area contributed by atoms with Gasteiger partial charge in [0.25, 0.3) is 5.91 Å². The van der Waals surface area contributed by atoms with Crippen LogP contribution < -0.4 is 0 Å². The SMILES string of the molecule is CC1c2nc(C(=O)N3CCCC3)cn2CCN1Cc1ccccc1. The van der Waals surface area contributed by atoms with Crippen molar-refractivity contribution in [1.82, 2.24) is 19.4 Å². The number of amides is 1. The number of fused-ring (bicyclic) bond motifs is 1. The highest BCUT2D eigenvalue weighted by atomic mass is 16.2. The van der Waals surface area contributed by atoms with Crippen LogP contribution in [0.15, 0.2) is 36.5 Å². The molecule has 5 nitrogen and oxygen atoms in total. The minimum absolute atomic E-state index is 0.0937. The average molecular weight is 324 g/mol. The maximum atomic E-state index is 12.6. The third-order valence-electron chi connectivity index (χ3n) is 5.20. The summed E-state index contributed by atoms with van der Waals surface area (Å²) in [5.74, 6) is 1.11. The van der Waals surface area contributed by atoms with E-state index in [4.69, 9.17) is 4.98 Å². The molecule has 24 heavy (non-hydrogen) atoms. The molecule has 1 aromatic carbocycles. The molecule has 1 fully saturated rings. The van der Waals surface area contributed by atoms with Gasteiger partial charge in [0.1, 0.15) is 11.5 Å². The second kappa shape index (κ2) is 6.40. The molecule has 0 spiro atoms. The Morgan fingerprint density at radius 1 is 1.12 bits per heavy atom. The van der Waals surface area contributed by atoms with Gasteiger partial charge in [-0.15, -0.1) is 0 Å². The van der Waals surface area contributed by atoms with E-state index in [0.717, 1.165) is 51.4 Å². The van der Waals surface area contributed by atoms with E-state index < -0.39 is 0 Å². The van der Waals surface area contributed by atoms with Crippen molar-refractivity contribution in [3.05, 3.63) is 53.6 Å². The summed E-state index contributed by atoms with van der Waals surface area (Å²) >= 11 is 0. The topological polar surface area (TPSA) is 41.4 Å². The fraction of sp³-hybridized carbons (Fsp3) is 0.474. The van der Waals surface area contributed by atoms with Crippen molar-refractivity contribution < 1.29 is 4.79 Å². The molecule has 0 radical (unpaired) electrons. The van der Waals surface area contributed by atoms with Crippen molar-refractivity contribution in [1.29, 1.82) is 0 Å². The monoisotopic (exact) mass is 324 g/mol. The van der Waals surface area contributed by atoms with Crippen LogP contribution in [0.1, 0.15) is 47.7 Å². The van der Waals surface area contributed by atoms with E-state index in [0.29, 0.717) is 5.69 Å². The molecule has 3 heterocycles. The molecule has 126 valence electrons. The van der Waals surface area contributed by atoms with E-state index in [1.165, 1.54) is 5.56 Å². The number of imidazole rings is 1. The Balaban J connectivity index is 1.52. The van der Waals surface area contributed by atoms with Crippen molar-refractivity contribution in [2.75, 3.05) is 19.6 Å². The zero-order valence-corrected chi connectivity index (χ0v) is 14.2. The standard InChI is InChI=1S/C19H24N4O/c1-15-18-20-17(19(24)21-9-5-6-10-21)14-23(18)12-11-22(15)13-16-7-3-2-4-8-16/h2-4,7-8,14-15H,5-6,9-13H2,1H3. The summed E-state index contributed by atoms with van der Waals surface area (Å²) < 4.78 is 2.16. The summed E-state index contributed by atoms with van der Waals surface area (Å²) in [5.41, 5.74) is 1.93. The first kappa shape index (κ1) is 15.4. The van der Waals surface area contributed by atoms with Gasteiger partial charge in [-0.25, -0.2) is 4.98 Å². The molecule has 0 N–H and O–H groups in total. The van der Waals surface area contributed by atoms with Crippen LogP contribution in [-0.4, -0.2) is 44.9 Å². The van der Waals surface area contributed by atoms with Crippen molar-refractivity contribution in [3.8, 4) is 0 Å². The summed E-state index contributed by atoms with van der Waals surface area (Å²) in [5, 5.41) is 0. The number of hydrogen-bond donors (Lipinski definition) is 0. The molecule has 1 unspecified atom stereocenters. The van der Waals surface area contributed by atoms with E-state index in [2.05, 4.69) is 40.7 Å². The van der Waals surface area contributed by atoms with Crippen molar-refractivity contribution in [3.63, 3.8) is 0 Å². The summed E-state index contributed by atoms with van der Waals surface area (Å²) in [4.78, 5) is 21.6. The van der Waals surface area contributed by atoms with Gasteiger partial charge >= 0.3 is 0 Å². The Morgan fingerprint density at radius 2 is 1.88 bits per heavy atom. The summed E-state index contributed by atoms with van der Waals surface area (Å²) in [6.07, 6.45) is 4.17. The molecule has 1 amide bonds.